The van der Waals surface area contributed by atoms with E-state index < -0.39 is 22.0 Å². The predicted molar refractivity (Wildman–Crippen MR) is 52.0 cm³/mol. The first-order chi connectivity index (χ1) is 6.49. The number of hydrogen-bond acceptors (Lipinski definition) is 4. The summed E-state index contributed by atoms with van der Waals surface area (Å²) in [6.45, 7) is 0.782. The van der Waals surface area contributed by atoms with Crippen LogP contribution in [-0.2, 0) is 14.8 Å². The number of carbonyl (C=O) groups excluding carboxylic acids is 1. The number of hydrogen-bond donors (Lipinski definition) is 2. The number of sulfonamides is 1. The van der Waals surface area contributed by atoms with Crippen molar-refractivity contribution in [3.05, 3.63) is 0 Å². The third-order valence-electron chi connectivity index (χ3n) is 2.27. The molecule has 7 heteroatoms. The fourth-order valence-electron chi connectivity index (χ4n) is 1.33. The van der Waals surface area contributed by atoms with Gasteiger partial charge in [0.15, 0.2) is 0 Å². The highest BCUT2D eigenvalue weighted by Gasteiger charge is 2.40. The molecule has 82 valence electrons. The van der Waals surface area contributed by atoms with Crippen LogP contribution in [0.4, 0.5) is 0 Å². The summed E-state index contributed by atoms with van der Waals surface area (Å²) in [6, 6.07) is -0.628. The molecule has 0 saturated carbocycles. The van der Waals surface area contributed by atoms with Gasteiger partial charge < -0.3 is 11.1 Å². The summed E-state index contributed by atoms with van der Waals surface area (Å²) < 4.78 is 24.3. The van der Waals surface area contributed by atoms with Crippen LogP contribution in [0.5, 0.6) is 0 Å². The summed E-state index contributed by atoms with van der Waals surface area (Å²) in [6.07, 6.45) is 0.536. The van der Waals surface area contributed by atoms with E-state index in [2.05, 4.69) is 5.32 Å². The molecule has 0 aliphatic carbocycles. The van der Waals surface area contributed by atoms with Crippen molar-refractivity contribution in [1.29, 1.82) is 0 Å². The lowest BCUT2D eigenvalue weighted by molar-refractivity contribution is -0.124. The standard InChI is InChI=1S/C7H15N3O3S/c1-9-3-5-14(12,13)10-4-2-6(10)7(8)11/h6,9H,2-5H2,1H3,(H2,8,11). The molecule has 0 aromatic carbocycles. The molecule has 1 atom stereocenters. The summed E-state index contributed by atoms with van der Waals surface area (Å²) in [5.41, 5.74) is 5.05. The van der Waals surface area contributed by atoms with Crippen LogP contribution >= 0.6 is 0 Å². The van der Waals surface area contributed by atoms with Gasteiger partial charge >= 0.3 is 0 Å². The van der Waals surface area contributed by atoms with Gasteiger partial charge in [-0.2, -0.15) is 4.31 Å². The minimum absolute atomic E-state index is 0.00722. The predicted octanol–water partition coefficient (Wildman–Crippen LogP) is -1.90. The SMILES string of the molecule is CNCCS(=O)(=O)N1CCC1C(N)=O. The van der Waals surface area contributed by atoms with Crippen molar-refractivity contribution in [2.24, 2.45) is 5.73 Å². The molecule has 1 saturated heterocycles. The van der Waals surface area contributed by atoms with Crippen molar-refractivity contribution in [2.45, 2.75) is 12.5 Å². The average molecular weight is 221 g/mol. The quantitative estimate of drug-likeness (QED) is 0.567. The first-order valence-corrected chi connectivity index (χ1v) is 6.03. The lowest BCUT2D eigenvalue weighted by Gasteiger charge is -2.37. The molecular weight excluding hydrogens is 206 g/mol. The Morgan fingerprint density at radius 3 is 2.64 bits per heavy atom. The number of primary amides is 1. The number of rotatable bonds is 5. The summed E-state index contributed by atoms with van der Waals surface area (Å²) in [7, 11) is -1.63. The molecule has 1 aliphatic heterocycles. The minimum Gasteiger partial charge on any atom is -0.368 e. The first kappa shape index (κ1) is 11.4. The van der Waals surface area contributed by atoms with E-state index in [-0.39, 0.29) is 5.75 Å². The molecule has 0 aromatic rings. The monoisotopic (exact) mass is 221 g/mol. The number of nitrogens with two attached hydrogens (primary N) is 1. The molecule has 1 amide bonds. The van der Waals surface area contributed by atoms with Crippen molar-refractivity contribution < 1.29 is 13.2 Å². The maximum atomic E-state index is 11.6. The maximum absolute atomic E-state index is 11.6. The summed E-state index contributed by atoms with van der Waals surface area (Å²) in [5.74, 6) is -0.558. The molecule has 1 unspecified atom stereocenters. The average Bonchev–Trinajstić information content (AvgIpc) is 1.96. The van der Waals surface area contributed by atoms with Gasteiger partial charge in [-0.1, -0.05) is 0 Å². The Morgan fingerprint density at radius 2 is 2.29 bits per heavy atom. The largest absolute Gasteiger partial charge is 0.368 e. The van der Waals surface area contributed by atoms with Crippen molar-refractivity contribution in [1.82, 2.24) is 9.62 Å². The molecular formula is C7H15N3O3S. The van der Waals surface area contributed by atoms with Crippen molar-refractivity contribution in [3.63, 3.8) is 0 Å². The molecule has 3 N–H and O–H groups in total. The summed E-state index contributed by atoms with van der Waals surface area (Å²) in [5, 5.41) is 2.75. The lowest BCUT2D eigenvalue weighted by Crippen LogP contribution is -2.58. The third kappa shape index (κ3) is 2.23. The second-order valence-electron chi connectivity index (χ2n) is 3.24. The molecule has 1 fully saturated rings. The van der Waals surface area contributed by atoms with E-state index in [9.17, 15) is 13.2 Å². The van der Waals surface area contributed by atoms with E-state index in [1.807, 2.05) is 0 Å². The van der Waals surface area contributed by atoms with Crippen molar-refractivity contribution >= 4 is 15.9 Å². The highest BCUT2D eigenvalue weighted by molar-refractivity contribution is 7.89. The van der Waals surface area contributed by atoms with E-state index in [1.165, 1.54) is 4.31 Å². The van der Waals surface area contributed by atoms with Crippen LogP contribution in [0.15, 0.2) is 0 Å². The van der Waals surface area contributed by atoms with Crippen LogP contribution in [-0.4, -0.2) is 50.6 Å². The van der Waals surface area contributed by atoms with Gasteiger partial charge in [-0.25, -0.2) is 8.42 Å². The molecule has 1 rings (SSSR count). The Balaban J connectivity index is 2.60. The van der Waals surface area contributed by atoms with Gasteiger partial charge in [-0.3, -0.25) is 4.79 Å². The van der Waals surface area contributed by atoms with E-state index >= 15 is 0 Å². The molecule has 0 radical (unpaired) electrons. The zero-order valence-corrected chi connectivity index (χ0v) is 8.88. The second-order valence-corrected chi connectivity index (χ2v) is 5.28. The molecule has 0 aromatic heterocycles. The number of amides is 1. The Labute approximate surface area is 83.5 Å². The topological polar surface area (TPSA) is 92.5 Å². The normalized spacial score (nSPS) is 23.1. The first-order valence-electron chi connectivity index (χ1n) is 4.42. The zero-order valence-electron chi connectivity index (χ0n) is 8.06. The molecule has 1 aliphatic rings. The smallest absolute Gasteiger partial charge is 0.235 e. The summed E-state index contributed by atoms with van der Waals surface area (Å²) in [4.78, 5) is 10.8. The van der Waals surface area contributed by atoms with Crippen LogP contribution < -0.4 is 11.1 Å². The van der Waals surface area contributed by atoms with Gasteiger partial charge in [0, 0.05) is 13.1 Å². The summed E-state index contributed by atoms with van der Waals surface area (Å²) >= 11 is 0. The fraction of sp³-hybridized carbons (Fsp3) is 0.857. The van der Waals surface area contributed by atoms with E-state index in [0.717, 1.165) is 0 Å². The van der Waals surface area contributed by atoms with Crippen molar-refractivity contribution in [2.75, 3.05) is 25.9 Å². The highest BCUT2D eigenvalue weighted by Crippen LogP contribution is 2.21. The number of nitrogens with one attached hydrogen (secondary N) is 1. The van der Waals surface area contributed by atoms with Gasteiger partial charge in [-0.05, 0) is 13.5 Å². The minimum atomic E-state index is -3.31. The van der Waals surface area contributed by atoms with Gasteiger partial charge in [0.25, 0.3) is 0 Å². The van der Waals surface area contributed by atoms with Crippen LogP contribution in [0.3, 0.4) is 0 Å². The van der Waals surface area contributed by atoms with Gasteiger partial charge in [0.1, 0.15) is 6.04 Å². The van der Waals surface area contributed by atoms with Gasteiger partial charge in [0.2, 0.25) is 15.9 Å². The maximum Gasteiger partial charge on any atom is 0.235 e. The second kappa shape index (κ2) is 4.24. The van der Waals surface area contributed by atoms with Gasteiger partial charge in [0.05, 0.1) is 5.75 Å². The van der Waals surface area contributed by atoms with E-state index in [0.29, 0.717) is 19.5 Å². The molecule has 1 heterocycles. The molecule has 0 spiro atoms. The van der Waals surface area contributed by atoms with E-state index in [1.54, 1.807) is 7.05 Å². The fourth-order valence-corrected chi connectivity index (χ4v) is 3.01. The molecule has 0 bridgehead atoms. The Bertz CT molecular complexity index is 314. The number of nitrogens with zero attached hydrogens (tertiary/aromatic N) is 1. The number of carbonyl (C=O) groups is 1. The van der Waals surface area contributed by atoms with E-state index in [4.69, 9.17) is 5.73 Å². The van der Waals surface area contributed by atoms with Crippen LogP contribution in [0.2, 0.25) is 0 Å². The van der Waals surface area contributed by atoms with Crippen LogP contribution in [0.1, 0.15) is 6.42 Å². The molecule has 6 nitrogen and oxygen atoms in total. The van der Waals surface area contributed by atoms with Crippen molar-refractivity contribution in [3.8, 4) is 0 Å². The highest BCUT2D eigenvalue weighted by atomic mass is 32.2. The third-order valence-corrected chi connectivity index (χ3v) is 4.14. The Kier molecular flexibility index (Phi) is 3.46. The van der Waals surface area contributed by atoms with Crippen LogP contribution in [0.25, 0.3) is 0 Å². The lowest BCUT2D eigenvalue weighted by atomic mass is 10.1. The Hall–Kier alpha value is -0.660. The molecule has 14 heavy (non-hydrogen) atoms. The van der Waals surface area contributed by atoms with Gasteiger partial charge in [-0.15, -0.1) is 0 Å². The zero-order chi connectivity index (χ0) is 10.8. The van der Waals surface area contributed by atoms with Crippen LogP contribution in [0, 0.1) is 0 Å². The Morgan fingerprint density at radius 1 is 1.64 bits per heavy atom.